The van der Waals surface area contributed by atoms with Gasteiger partial charge in [0.15, 0.2) is 5.13 Å². The molecule has 112 valence electrons. The van der Waals surface area contributed by atoms with Crippen molar-refractivity contribution in [1.82, 2.24) is 4.98 Å². The quantitative estimate of drug-likeness (QED) is 0.840. The maximum absolute atomic E-state index is 12.1. The zero-order chi connectivity index (χ0) is 15.5. The van der Waals surface area contributed by atoms with E-state index in [1.165, 1.54) is 19.2 Å². The van der Waals surface area contributed by atoms with Crippen LogP contribution in [-0.4, -0.2) is 26.5 Å². The number of ether oxygens (including phenoxy) is 1. The van der Waals surface area contributed by atoms with Crippen LogP contribution in [0.3, 0.4) is 0 Å². The van der Waals surface area contributed by atoms with E-state index in [0.717, 1.165) is 11.3 Å². The minimum absolute atomic E-state index is 0.00804. The molecule has 0 radical (unpaired) electrons. The largest absolute Gasteiger partial charge is 0.469 e. The number of rotatable bonds is 5. The number of aromatic nitrogens is 1. The number of thiazole rings is 1. The minimum Gasteiger partial charge on any atom is -0.469 e. The van der Waals surface area contributed by atoms with E-state index >= 15 is 0 Å². The van der Waals surface area contributed by atoms with E-state index in [9.17, 15) is 13.2 Å². The van der Waals surface area contributed by atoms with E-state index in [4.69, 9.17) is 11.6 Å². The van der Waals surface area contributed by atoms with Gasteiger partial charge in [-0.05, 0) is 18.2 Å². The average molecular weight is 347 g/mol. The molecule has 6 nitrogen and oxygen atoms in total. The number of hydrogen-bond donors (Lipinski definition) is 1. The highest BCUT2D eigenvalue weighted by Crippen LogP contribution is 2.22. The molecule has 0 aliphatic heterocycles. The SMILES string of the molecule is COC(=O)Cc1csc(NS(=O)(=O)c2cccc(Cl)c2)n1. The Morgan fingerprint density at radius 3 is 2.90 bits per heavy atom. The number of hydrogen-bond acceptors (Lipinski definition) is 6. The van der Waals surface area contributed by atoms with Crippen LogP contribution in [0.25, 0.3) is 0 Å². The van der Waals surface area contributed by atoms with E-state index < -0.39 is 16.0 Å². The van der Waals surface area contributed by atoms with Crippen molar-refractivity contribution >= 4 is 44.1 Å². The molecule has 0 saturated carbocycles. The van der Waals surface area contributed by atoms with Crippen LogP contribution in [0.15, 0.2) is 34.5 Å². The number of sulfonamides is 1. The summed E-state index contributed by atoms with van der Waals surface area (Å²) in [6, 6.07) is 5.89. The molecule has 1 aromatic heterocycles. The Hall–Kier alpha value is -1.64. The van der Waals surface area contributed by atoms with Crippen LogP contribution in [-0.2, 0) is 26.0 Å². The van der Waals surface area contributed by atoms with Gasteiger partial charge in [0.1, 0.15) is 0 Å². The van der Waals surface area contributed by atoms with E-state index in [0.29, 0.717) is 10.7 Å². The van der Waals surface area contributed by atoms with Crippen LogP contribution >= 0.6 is 22.9 Å². The third-order valence-electron chi connectivity index (χ3n) is 2.43. The Morgan fingerprint density at radius 2 is 2.24 bits per heavy atom. The summed E-state index contributed by atoms with van der Waals surface area (Å²) in [5.41, 5.74) is 0.440. The fourth-order valence-corrected chi connectivity index (χ4v) is 3.73. The maximum atomic E-state index is 12.1. The number of nitrogens with zero attached hydrogens (tertiary/aromatic N) is 1. The predicted molar refractivity (Wildman–Crippen MR) is 80.1 cm³/mol. The Labute approximate surface area is 130 Å². The smallest absolute Gasteiger partial charge is 0.311 e. The molecule has 1 heterocycles. The first-order valence-electron chi connectivity index (χ1n) is 5.70. The second-order valence-electron chi connectivity index (χ2n) is 3.96. The highest BCUT2D eigenvalue weighted by Gasteiger charge is 2.17. The van der Waals surface area contributed by atoms with Gasteiger partial charge in [0.2, 0.25) is 0 Å². The third-order valence-corrected chi connectivity index (χ3v) is 4.94. The molecular weight excluding hydrogens is 336 g/mol. The van der Waals surface area contributed by atoms with Crippen LogP contribution in [0, 0.1) is 0 Å². The van der Waals surface area contributed by atoms with Crippen LogP contribution in [0.1, 0.15) is 5.69 Å². The van der Waals surface area contributed by atoms with Crippen molar-refractivity contribution in [3.8, 4) is 0 Å². The van der Waals surface area contributed by atoms with Crippen LogP contribution in [0.4, 0.5) is 5.13 Å². The number of esters is 1. The fourth-order valence-electron chi connectivity index (χ4n) is 1.46. The second kappa shape index (κ2) is 6.42. The molecule has 2 rings (SSSR count). The number of nitrogens with one attached hydrogen (secondary N) is 1. The van der Waals surface area contributed by atoms with Crippen molar-refractivity contribution in [3.63, 3.8) is 0 Å². The molecular formula is C12H11ClN2O4S2. The number of anilines is 1. The molecule has 2 aromatic rings. The summed E-state index contributed by atoms with van der Waals surface area (Å²) in [5, 5.41) is 2.09. The Kier molecular flexibility index (Phi) is 4.81. The van der Waals surface area contributed by atoms with Gasteiger partial charge in [-0.2, -0.15) is 0 Å². The summed E-state index contributed by atoms with van der Waals surface area (Å²) in [6.45, 7) is 0. The van der Waals surface area contributed by atoms with Crippen molar-refractivity contribution in [3.05, 3.63) is 40.4 Å². The Bertz CT molecular complexity index is 758. The number of halogens is 1. The summed E-state index contributed by atoms with van der Waals surface area (Å²) < 4.78 is 31.2. The van der Waals surface area contributed by atoms with Crippen molar-refractivity contribution in [2.75, 3.05) is 11.8 Å². The first kappa shape index (κ1) is 15.7. The number of benzene rings is 1. The summed E-state index contributed by atoms with van der Waals surface area (Å²) in [5.74, 6) is -0.440. The average Bonchev–Trinajstić information content (AvgIpc) is 2.85. The highest BCUT2D eigenvalue weighted by molar-refractivity contribution is 7.93. The maximum Gasteiger partial charge on any atom is 0.311 e. The van der Waals surface area contributed by atoms with Crippen molar-refractivity contribution in [2.45, 2.75) is 11.3 Å². The summed E-state index contributed by atoms with van der Waals surface area (Å²) in [7, 11) is -2.48. The van der Waals surface area contributed by atoms with E-state index in [1.807, 2.05) is 0 Å². The molecule has 0 amide bonds. The van der Waals surface area contributed by atoms with Gasteiger partial charge < -0.3 is 4.74 Å². The molecule has 9 heteroatoms. The molecule has 0 aliphatic carbocycles. The normalized spacial score (nSPS) is 11.1. The monoisotopic (exact) mass is 346 g/mol. The van der Waals surface area contributed by atoms with Crippen molar-refractivity contribution < 1.29 is 17.9 Å². The standard InChI is InChI=1S/C12H11ClN2O4S2/c1-19-11(16)6-9-7-20-12(14-9)15-21(17,18)10-4-2-3-8(13)5-10/h2-5,7H,6H2,1H3,(H,14,15). The highest BCUT2D eigenvalue weighted by atomic mass is 35.5. The minimum atomic E-state index is -3.76. The van der Waals surface area contributed by atoms with Crippen LogP contribution in [0.2, 0.25) is 5.02 Å². The molecule has 0 unspecified atom stereocenters. The van der Waals surface area contributed by atoms with Crippen molar-refractivity contribution in [2.24, 2.45) is 0 Å². The van der Waals surface area contributed by atoms with Crippen LogP contribution in [0.5, 0.6) is 0 Å². The van der Waals surface area contributed by atoms with Gasteiger partial charge in [-0.25, -0.2) is 13.4 Å². The summed E-state index contributed by atoms with van der Waals surface area (Å²) in [4.78, 5) is 15.2. The lowest BCUT2D eigenvalue weighted by Gasteiger charge is -2.05. The predicted octanol–water partition coefficient (Wildman–Crippen LogP) is 2.31. The molecule has 1 N–H and O–H groups in total. The van der Waals surface area contributed by atoms with Gasteiger partial charge in [-0.3, -0.25) is 9.52 Å². The van der Waals surface area contributed by atoms with Gasteiger partial charge in [0.05, 0.1) is 24.1 Å². The first-order chi connectivity index (χ1) is 9.90. The van der Waals surface area contributed by atoms with E-state index in [2.05, 4.69) is 14.4 Å². The molecule has 0 spiro atoms. The second-order valence-corrected chi connectivity index (χ2v) is 6.94. The molecule has 21 heavy (non-hydrogen) atoms. The van der Waals surface area contributed by atoms with Gasteiger partial charge in [0, 0.05) is 10.4 Å². The van der Waals surface area contributed by atoms with Gasteiger partial charge in [-0.1, -0.05) is 17.7 Å². The molecule has 1 aromatic carbocycles. The summed E-state index contributed by atoms with van der Waals surface area (Å²) >= 11 is 6.86. The van der Waals surface area contributed by atoms with Gasteiger partial charge in [-0.15, -0.1) is 11.3 Å². The topological polar surface area (TPSA) is 85.4 Å². The lowest BCUT2D eigenvalue weighted by atomic mass is 10.3. The van der Waals surface area contributed by atoms with E-state index in [-0.39, 0.29) is 16.4 Å². The zero-order valence-electron chi connectivity index (χ0n) is 10.9. The number of carbonyl (C=O) groups is 1. The van der Waals surface area contributed by atoms with Crippen molar-refractivity contribution in [1.29, 1.82) is 0 Å². The molecule has 0 aliphatic rings. The Balaban J connectivity index is 2.16. The van der Waals surface area contributed by atoms with Gasteiger partial charge >= 0.3 is 5.97 Å². The van der Waals surface area contributed by atoms with E-state index in [1.54, 1.807) is 17.5 Å². The van der Waals surface area contributed by atoms with Gasteiger partial charge in [0.25, 0.3) is 10.0 Å². The molecule has 0 atom stereocenters. The van der Waals surface area contributed by atoms with Crippen LogP contribution < -0.4 is 4.72 Å². The lowest BCUT2D eigenvalue weighted by molar-refractivity contribution is -0.139. The zero-order valence-corrected chi connectivity index (χ0v) is 13.3. The third kappa shape index (κ3) is 4.16. The lowest BCUT2D eigenvalue weighted by Crippen LogP contribution is -2.13. The molecule has 0 fully saturated rings. The number of methoxy groups -OCH3 is 1. The number of carbonyl (C=O) groups excluding carboxylic acids is 1. The fraction of sp³-hybridized carbons (Fsp3) is 0.167. The summed E-state index contributed by atoms with van der Waals surface area (Å²) in [6.07, 6.45) is -0.00804. The first-order valence-corrected chi connectivity index (χ1v) is 8.44. The Morgan fingerprint density at radius 1 is 1.48 bits per heavy atom. The molecule has 0 saturated heterocycles. The molecule has 0 bridgehead atoms.